The molecule has 2 aromatic rings. The summed E-state index contributed by atoms with van der Waals surface area (Å²) in [6.07, 6.45) is 0.599. The molecule has 8 heteroatoms. The number of hydrogen-bond acceptors (Lipinski definition) is 6. The fraction of sp³-hybridized carbons (Fsp3) is 0.444. The second-order valence-corrected chi connectivity index (χ2v) is 9.56. The van der Waals surface area contributed by atoms with E-state index in [2.05, 4.69) is 21.4 Å². The average molecular weight is 395 g/mol. The van der Waals surface area contributed by atoms with E-state index in [0.29, 0.717) is 23.2 Å². The predicted molar refractivity (Wildman–Crippen MR) is 106 cm³/mol. The summed E-state index contributed by atoms with van der Waals surface area (Å²) >= 11 is 6.38. The molecule has 1 aliphatic rings. The molecule has 1 fully saturated rings. The van der Waals surface area contributed by atoms with Crippen LogP contribution in [0.1, 0.15) is 23.2 Å². The van der Waals surface area contributed by atoms with Crippen molar-refractivity contribution in [3.63, 3.8) is 0 Å². The number of aromatic nitrogens is 2. The summed E-state index contributed by atoms with van der Waals surface area (Å²) in [6, 6.07) is 5.71. The largest absolute Gasteiger partial charge is 0.340 e. The molecule has 0 saturated carbocycles. The molecule has 26 heavy (non-hydrogen) atoms. The molecule has 0 spiro atoms. The number of nitrogens with one attached hydrogen (secondary N) is 1. The van der Waals surface area contributed by atoms with Gasteiger partial charge in [-0.15, -0.1) is 0 Å². The van der Waals surface area contributed by atoms with E-state index < -0.39 is 9.84 Å². The highest BCUT2D eigenvalue weighted by Gasteiger charge is 2.32. The standard InChI is InChI=1S/C18H23ClN4O2S/c1-11-7-12(2)17(15(19)8-11)21-16-9-13(3)20-18(22-16)23(4)14-5-6-26(24,25)10-14/h7-9,14H,5-6,10H2,1-4H3,(H,20,21,22). The van der Waals surface area contributed by atoms with Crippen molar-refractivity contribution in [2.45, 2.75) is 33.2 Å². The van der Waals surface area contributed by atoms with Gasteiger partial charge in [-0.3, -0.25) is 0 Å². The third-order valence-corrected chi connectivity index (χ3v) is 6.65. The van der Waals surface area contributed by atoms with Crippen molar-refractivity contribution in [2.24, 2.45) is 0 Å². The summed E-state index contributed by atoms with van der Waals surface area (Å²) in [5, 5.41) is 3.92. The van der Waals surface area contributed by atoms with Crippen molar-refractivity contribution in [3.05, 3.63) is 40.0 Å². The van der Waals surface area contributed by atoms with Gasteiger partial charge in [-0.1, -0.05) is 17.7 Å². The summed E-state index contributed by atoms with van der Waals surface area (Å²) < 4.78 is 23.5. The first-order valence-electron chi connectivity index (χ1n) is 8.47. The zero-order valence-electron chi connectivity index (χ0n) is 15.4. The fourth-order valence-corrected chi connectivity index (χ4v) is 5.36. The molecule has 6 nitrogen and oxygen atoms in total. The van der Waals surface area contributed by atoms with E-state index in [0.717, 1.165) is 22.5 Å². The van der Waals surface area contributed by atoms with E-state index >= 15 is 0 Å². The first-order valence-corrected chi connectivity index (χ1v) is 10.7. The Morgan fingerprint density at radius 1 is 1.19 bits per heavy atom. The summed E-state index contributed by atoms with van der Waals surface area (Å²) in [4.78, 5) is 10.9. The van der Waals surface area contributed by atoms with Crippen molar-refractivity contribution in [3.8, 4) is 0 Å². The van der Waals surface area contributed by atoms with Gasteiger partial charge in [0.2, 0.25) is 5.95 Å². The van der Waals surface area contributed by atoms with Crippen LogP contribution in [0.2, 0.25) is 5.02 Å². The second kappa shape index (κ2) is 7.04. The van der Waals surface area contributed by atoms with Crippen molar-refractivity contribution in [1.29, 1.82) is 0 Å². The average Bonchev–Trinajstić information content (AvgIpc) is 2.89. The Kier molecular flexibility index (Phi) is 5.12. The normalized spacial score (nSPS) is 18.7. The molecule has 1 aromatic carbocycles. The number of aryl methyl sites for hydroxylation is 3. The molecule has 2 heterocycles. The number of halogens is 1. The molecule has 1 aromatic heterocycles. The van der Waals surface area contributed by atoms with Crippen molar-refractivity contribution in [1.82, 2.24) is 9.97 Å². The lowest BCUT2D eigenvalue weighted by Crippen LogP contribution is -2.34. The number of benzene rings is 1. The summed E-state index contributed by atoms with van der Waals surface area (Å²) in [5.74, 6) is 1.51. The molecule has 1 unspecified atom stereocenters. The molecular formula is C18H23ClN4O2S. The Morgan fingerprint density at radius 2 is 1.92 bits per heavy atom. The summed E-state index contributed by atoms with van der Waals surface area (Å²) in [5.41, 5.74) is 3.74. The molecule has 0 aliphatic carbocycles. The maximum absolute atomic E-state index is 11.8. The Hall–Kier alpha value is -1.86. The van der Waals surface area contributed by atoms with E-state index in [1.165, 1.54) is 0 Å². The molecule has 140 valence electrons. The van der Waals surface area contributed by atoms with Crippen LogP contribution in [0.15, 0.2) is 18.2 Å². The van der Waals surface area contributed by atoms with E-state index in [-0.39, 0.29) is 17.5 Å². The lowest BCUT2D eigenvalue weighted by atomic mass is 10.1. The molecular weight excluding hydrogens is 372 g/mol. The van der Waals surface area contributed by atoms with Gasteiger partial charge < -0.3 is 10.2 Å². The van der Waals surface area contributed by atoms with Crippen LogP contribution in [-0.2, 0) is 9.84 Å². The first kappa shape index (κ1) is 18.9. The highest BCUT2D eigenvalue weighted by molar-refractivity contribution is 7.91. The van der Waals surface area contributed by atoms with Crippen molar-refractivity contribution in [2.75, 3.05) is 28.8 Å². The quantitative estimate of drug-likeness (QED) is 0.856. The van der Waals surface area contributed by atoms with Gasteiger partial charge in [-0.2, -0.15) is 4.98 Å². The van der Waals surface area contributed by atoms with Crippen LogP contribution in [0.25, 0.3) is 0 Å². The molecule has 0 amide bonds. The maximum Gasteiger partial charge on any atom is 0.227 e. The number of rotatable bonds is 4. The third-order valence-electron chi connectivity index (χ3n) is 4.60. The van der Waals surface area contributed by atoms with Crippen LogP contribution in [0, 0.1) is 20.8 Å². The first-order chi connectivity index (χ1) is 12.1. The molecule has 1 N–H and O–H groups in total. The third kappa shape index (κ3) is 4.10. The Morgan fingerprint density at radius 3 is 2.54 bits per heavy atom. The van der Waals surface area contributed by atoms with Crippen LogP contribution in [0.4, 0.5) is 17.5 Å². The maximum atomic E-state index is 11.8. The van der Waals surface area contributed by atoms with Gasteiger partial charge in [0.05, 0.1) is 22.2 Å². The van der Waals surface area contributed by atoms with Gasteiger partial charge >= 0.3 is 0 Å². The van der Waals surface area contributed by atoms with Crippen LogP contribution >= 0.6 is 11.6 Å². The van der Waals surface area contributed by atoms with Gasteiger partial charge in [0.1, 0.15) is 5.82 Å². The lowest BCUT2D eigenvalue weighted by Gasteiger charge is -2.24. The molecule has 0 bridgehead atoms. The molecule has 1 aliphatic heterocycles. The van der Waals surface area contributed by atoms with Gasteiger partial charge in [0.25, 0.3) is 0 Å². The van der Waals surface area contributed by atoms with E-state index in [1.807, 2.05) is 44.9 Å². The number of sulfone groups is 1. The molecule has 3 rings (SSSR count). The zero-order chi connectivity index (χ0) is 19.1. The number of nitrogens with zero attached hydrogens (tertiary/aromatic N) is 3. The van der Waals surface area contributed by atoms with Crippen molar-refractivity contribution < 1.29 is 8.42 Å². The lowest BCUT2D eigenvalue weighted by molar-refractivity contribution is 0.600. The summed E-state index contributed by atoms with van der Waals surface area (Å²) in [6.45, 7) is 5.88. The monoisotopic (exact) mass is 394 g/mol. The summed E-state index contributed by atoms with van der Waals surface area (Å²) in [7, 11) is -1.12. The number of anilines is 3. The van der Waals surface area contributed by atoms with Crippen LogP contribution < -0.4 is 10.2 Å². The van der Waals surface area contributed by atoms with Gasteiger partial charge in [0.15, 0.2) is 9.84 Å². The minimum atomic E-state index is -2.96. The van der Waals surface area contributed by atoms with Crippen LogP contribution in [0.5, 0.6) is 0 Å². The Labute approximate surface area is 159 Å². The van der Waals surface area contributed by atoms with E-state index in [1.54, 1.807) is 0 Å². The predicted octanol–water partition coefficient (Wildman–Crippen LogP) is 3.42. The second-order valence-electron chi connectivity index (χ2n) is 6.93. The molecule has 1 atom stereocenters. The van der Waals surface area contributed by atoms with Crippen LogP contribution in [0.3, 0.4) is 0 Å². The van der Waals surface area contributed by atoms with Crippen LogP contribution in [-0.4, -0.2) is 43.0 Å². The number of hydrogen-bond donors (Lipinski definition) is 1. The Balaban J connectivity index is 1.89. The minimum absolute atomic E-state index is 0.0978. The molecule has 1 saturated heterocycles. The SMILES string of the molecule is Cc1cc(C)c(Nc2cc(C)nc(N(C)C3CCS(=O)(=O)C3)n2)c(Cl)c1. The van der Waals surface area contributed by atoms with Gasteiger partial charge in [-0.25, -0.2) is 13.4 Å². The Bertz CT molecular complexity index is 923. The molecule has 0 radical (unpaired) electrons. The minimum Gasteiger partial charge on any atom is -0.340 e. The zero-order valence-corrected chi connectivity index (χ0v) is 16.9. The fourth-order valence-electron chi connectivity index (χ4n) is 3.22. The highest BCUT2D eigenvalue weighted by atomic mass is 35.5. The smallest absolute Gasteiger partial charge is 0.227 e. The highest BCUT2D eigenvalue weighted by Crippen LogP contribution is 2.30. The van der Waals surface area contributed by atoms with E-state index in [4.69, 9.17) is 11.6 Å². The van der Waals surface area contributed by atoms with Gasteiger partial charge in [0, 0.05) is 24.8 Å². The van der Waals surface area contributed by atoms with E-state index in [9.17, 15) is 8.42 Å². The topological polar surface area (TPSA) is 75.2 Å². The van der Waals surface area contributed by atoms with Gasteiger partial charge in [-0.05, 0) is 44.4 Å². The van der Waals surface area contributed by atoms with Crippen molar-refractivity contribution >= 4 is 38.9 Å².